The van der Waals surface area contributed by atoms with E-state index in [1.165, 1.54) is 12.7 Å². The smallest absolute Gasteiger partial charge is 0.659 e. The van der Waals surface area contributed by atoms with Gasteiger partial charge in [0, 0.05) is 13.1 Å². The van der Waals surface area contributed by atoms with Crippen molar-refractivity contribution in [1.82, 2.24) is 15.1 Å². The zero-order valence-corrected chi connectivity index (χ0v) is 23.3. The van der Waals surface area contributed by atoms with Crippen LogP contribution in [-0.2, 0) is 60.2 Å². The van der Waals surface area contributed by atoms with Crippen LogP contribution in [0.4, 0.5) is 4.79 Å². The Morgan fingerprint density at radius 1 is 1.13 bits per heavy atom. The molecule has 3 amide bonds. The number of rotatable bonds is 8. The van der Waals surface area contributed by atoms with Crippen molar-refractivity contribution in [2.24, 2.45) is 5.92 Å². The molecule has 1 N–H and O–H groups in total. The third-order valence-corrected chi connectivity index (χ3v) is 6.83. The van der Waals surface area contributed by atoms with E-state index in [1.807, 2.05) is 31.2 Å². The number of hydrogen-bond donors (Lipinski definition) is 1. The fourth-order valence-corrected chi connectivity index (χ4v) is 4.64. The average Bonchev–Trinajstić information content (AvgIpc) is 3.57. The maximum atomic E-state index is 13.1. The van der Waals surface area contributed by atoms with E-state index in [0.717, 1.165) is 16.9 Å². The number of fused-ring (bicyclic) bond motifs is 1. The van der Waals surface area contributed by atoms with Crippen LogP contribution in [0.3, 0.4) is 0 Å². The minimum absolute atomic E-state index is 0. The minimum atomic E-state index is -1.04. The number of Topliss-reactive ketones (excluding diaryl/α,β-unsaturated/α-hetero) is 1. The second-order valence-electron chi connectivity index (χ2n) is 9.27. The first-order chi connectivity index (χ1) is 17.3. The van der Waals surface area contributed by atoms with Crippen LogP contribution >= 0.6 is 0 Å². The minimum Gasteiger partial charge on any atom is -0.659 e. The maximum absolute atomic E-state index is 13.1. The van der Waals surface area contributed by atoms with Crippen molar-refractivity contribution in [2.45, 2.75) is 50.9 Å². The van der Waals surface area contributed by atoms with Crippen molar-refractivity contribution < 1.29 is 52.0 Å². The number of esters is 1. The van der Waals surface area contributed by atoms with E-state index in [0.29, 0.717) is 19.5 Å². The SMILES string of the molecule is CCC[C@@H](NC(=O)C1C[N-]C[C@@H]1OC(=O)N1CCc2ccccc2C1)C(=O)C(=O)N1CC1C(=O)OC.[CH3-].[V+2]. The summed E-state index contributed by atoms with van der Waals surface area (Å²) in [6.07, 6.45) is 0.283. The predicted octanol–water partition coefficient (Wildman–Crippen LogP) is 1.24. The van der Waals surface area contributed by atoms with Gasteiger partial charge in [-0.15, -0.1) is 13.1 Å². The van der Waals surface area contributed by atoms with E-state index in [1.54, 1.807) is 4.90 Å². The number of carbonyl (C=O) groups is 5. The molecule has 2 fully saturated rings. The molecule has 1 aromatic rings. The van der Waals surface area contributed by atoms with Crippen molar-refractivity contribution in [2.75, 3.05) is 33.3 Å². The van der Waals surface area contributed by atoms with Gasteiger partial charge in [-0.2, -0.15) is 0 Å². The van der Waals surface area contributed by atoms with Gasteiger partial charge < -0.3 is 37.3 Å². The number of nitrogens with zero attached hydrogens (tertiary/aromatic N) is 3. The molecule has 4 atom stereocenters. The maximum Gasteiger partial charge on any atom is 2.00 e. The number of ether oxygens (including phenoxy) is 2. The summed E-state index contributed by atoms with van der Waals surface area (Å²) < 4.78 is 10.3. The number of ketones is 1. The average molecular weight is 566 g/mol. The Morgan fingerprint density at radius 2 is 1.84 bits per heavy atom. The zero-order valence-electron chi connectivity index (χ0n) is 21.9. The van der Waals surface area contributed by atoms with E-state index >= 15 is 0 Å². The Labute approximate surface area is 234 Å². The van der Waals surface area contributed by atoms with E-state index < -0.39 is 53.8 Å². The first-order valence-electron chi connectivity index (χ1n) is 12.2. The fraction of sp³-hybridized carbons (Fsp3) is 0.538. The number of benzene rings is 1. The van der Waals surface area contributed by atoms with E-state index in [4.69, 9.17) is 4.74 Å². The molecule has 1 radical (unpaired) electrons. The van der Waals surface area contributed by atoms with Gasteiger partial charge in [-0.3, -0.25) is 14.4 Å². The number of nitrogens with one attached hydrogen (secondary N) is 1. The molecule has 2 saturated heterocycles. The molecule has 2 unspecified atom stereocenters. The Morgan fingerprint density at radius 3 is 2.53 bits per heavy atom. The van der Waals surface area contributed by atoms with Crippen LogP contribution in [0, 0.1) is 13.3 Å². The quantitative estimate of drug-likeness (QED) is 0.217. The van der Waals surface area contributed by atoms with Crippen LogP contribution in [0.25, 0.3) is 5.32 Å². The molecule has 0 aliphatic carbocycles. The van der Waals surface area contributed by atoms with Crippen LogP contribution < -0.4 is 5.32 Å². The van der Waals surface area contributed by atoms with Gasteiger partial charge in [0.25, 0.3) is 5.91 Å². The molecule has 0 aromatic heterocycles. The normalized spacial score (nSPS) is 22.1. The van der Waals surface area contributed by atoms with E-state index in [9.17, 15) is 24.0 Å². The molecule has 0 bridgehead atoms. The Bertz CT molecular complexity index is 1050. The van der Waals surface area contributed by atoms with Crippen molar-refractivity contribution in [3.8, 4) is 0 Å². The van der Waals surface area contributed by atoms with Crippen LogP contribution in [0.1, 0.15) is 30.9 Å². The molecular weight excluding hydrogens is 531 g/mol. The van der Waals surface area contributed by atoms with Gasteiger partial charge in [0.2, 0.25) is 11.7 Å². The van der Waals surface area contributed by atoms with Gasteiger partial charge in [-0.25, -0.2) is 9.59 Å². The summed E-state index contributed by atoms with van der Waals surface area (Å²) in [5, 5.41) is 6.90. The Kier molecular flexibility index (Phi) is 11.4. The van der Waals surface area contributed by atoms with Gasteiger partial charge in [0.05, 0.1) is 31.7 Å². The third-order valence-electron chi connectivity index (χ3n) is 6.83. The van der Waals surface area contributed by atoms with Crippen LogP contribution in [-0.4, -0.2) is 90.9 Å². The Hall–Kier alpha value is -2.89. The predicted molar refractivity (Wildman–Crippen MR) is 133 cm³/mol. The second-order valence-corrected chi connectivity index (χ2v) is 9.27. The summed E-state index contributed by atoms with van der Waals surface area (Å²) in [7, 11) is 1.21. The first-order valence-corrected chi connectivity index (χ1v) is 12.2. The molecule has 3 aliphatic rings. The number of carbonyl (C=O) groups excluding carboxylic acids is 5. The number of hydrogen-bond acceptors (Lipinski definition) is 7. The number of methoxy groups -OCH3 is 1. The van der Waals surface area contributed by atoms with Crippen LogP contribution in [0.2, 0.25) is 0 Å². The summed E-state index contributed by atoms with van der Waals surface area (Å²) in [5.74, 6) is -3.44. The molecular formula is C26H34N4O7V. The molecule has 12 heteroatoms. The van der Waals surface area contributed by atoms with Gasteiger partial charge in [0.1, 0.15) is 6.04 Å². The standard InChI is InChI=1S/C25H31N4O7.CH3.V/c1-3-6-18(21(30)23(32)29-14-19(29)24(33)35-2)27-22(31)17-11-26-12-20(17)36-25(34)28-10-9-15-7-4-5-8-16(15)13-28;;/h4-5,7-8,17-20H,3,6,9-14H2,1-2H3,(H,27,31);1H3;/q2*-1;+2/t17?,18-,19?,20+,29?;;/m1../s1. The summed E-state index contributed by atoms with van der Waals surface area (Å²) in [5.41, 5.74) is 2.27. The van der Waals surface area contributed by atoms with Crippen molar-refractivity contribution in [3.05, 3.63) is 48.1 Å². The molecule has 38 heavy (non-hydrogen) atoms. The molecule has 4 rings (SSSR count). The molecule has 0 spiro atoms. The first kappa shape index (κ1) is 31.3. The monoisotopic (exact) mass is 565 g/mol. The molecule has 3 aliphatic heterocycles. The second kappa shape index (κ2) is 13.8. The fourth-order valence-electron chi connectivity index (χ4n) is 4.64. The summed E-state index contributed by atoms with van der Waals surface area (Å²) in [6, 6.07) is 6.13. The molecule has 11 nitrogen and oxygen atoms in total. The van der Waals surface area contributed by atoms with Crippen molar-refractivity contribution >= 4 is 29.7 Å². The van der Waals surface area contributed by atoms with E-state index in [2.05, 4.69) is 15.4 Å². The molecule has 3 heterocycles. The largest absolute Gasteiger partial charge is 2.00 e. The summed E-state index contributed by atoms with van der Waals surface area (Å²) in [6.45, 7) is 3.25. The van der Waals surface area contributed by atoms with Gasteiger partial charge in [-0.05, 0) is 24.0 Å². The topological polar surface area (TPSA) is 136 Å². The Balaban J connectivity index is 0.00000253. The summed E-state index contributed by atoms with van der Waals surface area (Å²) >= 11 is 0. The molecule has 1 aromatic carbocycles. The third kappa shape index (κ3) is 6.95. The van der Waals surface area contributed by atoms with Crippen molar-refractivity contribution in [3.63, 3.8) is 0 Å². The van der Waals surface area contributed by atoms with Gasteiger partial charge >= 0.3 is 30.6 Å². The van der Waals surface area contributed by atoms with Crippen LogP contribution in [0.5, 0.6) is 0 Å². The molecule has 205 valence electrons. The number of amides is 3. The van der Waals surface area contributed by atoms with E-state index in [-0.39, 0.29) is 52.0 Å². The molecule has 0 saturated carbocycles. The zero-order chi connectivity index (χ0) is 25.8. The van der Waals surface area contributed by atoms with Crippen LogP contribution in [0.15, 0.2) is 24.3 Å². The van der Waals surface area contributed by atoms with Gasteiger partial charge in [0.15, 0.2) is 0 Å². The van der Waals surface area contributed by atoms with Gasteiger partial charge in [-0.1, -0.05) is 37.6 Å². The summed E-state index contributed by atoms with van der Waals surface area (Å²) in [4.78, 5) is 65.6. The van der Waals surface area contributed by atoms with Crippen molar-refractivity contribution in [1.29, 1.82) is 0 Å².